The van der Waals surface area contributed by atoms with Crippen molar-refractivity contribution in [2.75, 3.05) is 0 Å². The number of hydrogen-bond donors (Lipinski definition) is 1. The highest BCUT2D eigenvalue weighted by atomic mass is 28.3. The lowest BCUT2D eigenvalue weighted by Gasteiger charge is -2.27. The first-order valence-electron chi connectivity index (χ1n) is 7.06. The van der Waals surface area contributed by atoms with Gasteiger partial charge in [-0.3, -0.25) is 10.1 Å². The van der Waals surface area contributed by atoms with Gasteiger partial charge in [-0.25, -0.2) is 0 Å². The molecule has 2 aromatic carbocycles. The molecule has 4 nitrogen and oxygen atoms in total. The van der Waals surface area contributed by atoms with Crippen LogP contribution in [0.1, 0.15) is 0 Å². The molecule has 0 aliphatic carbocycles. The van der Waals surface area contributed by atoms with Gasteiger partial charge in [0, 0.05) is 11.0 Å². The SMILES string of the molecule is O=[N+]([O-])[C@@H]1C[Si](c2ccccc2)(c2ccccc2)C[C@H]1O. The van der Waals surface area contributed by atoms with Crippen molar-refractivity contribution in [3.8, 4) is 0 Å². The summed E-state index contributed by atoms with van der Waals surface area (Å²) >= 11 is 0. The Morgan fingerprint density at radius 2 is 1.43 bits per heavy atom. The number of rotatable bonds is 3. The zero-order chi connectivity index (χ0) is 14.9. The fourth-order valence-electron chi connectivity index (χ4n) is 3.44. The molecule has 1 saturated heterocycles. The molecule has 1 aliphatic rings. The molecule has 0 unspecified atom stereocenters. The largest absolute Gasteiger partial charge is 0.386 e. The van der Waals surface area contributed by atoms with Gasteiger partial charge in [-0.15, -0.1) is 0 Å². The van der Waals surface area contributed by atoms with Crippen LogP contribution in [0.2, 0.25) is 12.1 Å². The molecule has 3 rings (SSSR count). The standard InChI is InChI=1S/C16H17NO3Si/c18-16-12-21(11-15(16)17(19)20,13-7-3-1-4-8-13)14-9-5-2-6-10-14/h1-10,15-16,18H,11-12H2/t15-,16-/m1/s1. The monoisotopic (exact) mass is 299 g/mol. The average Bonchev–Trinajstić information content (AvgIpc) is 2.88. The van der Waals surface area contributed by atoms with Gasteiger partial charge in [0.1, 0.15) is 14.2 Å². The first-order valence-corrected chi connectivity index (χ1v) is 9.47. The predicted molar refractivity (Wildman–Crippen MR) is 84.3 cm³/mol. The Morgan fingerprint density at radius 1 is 0.952 bits per heavy atom. The average molecular weight is 299 g/mol. The van der Waals surface area contributed by atoms with Crippen molar-refractivity contribution in [1.82, 2.24) is 0 Å². The van der Waals surface area contributed by atoms with Crippen LogP contribution in [0, 0.1) is 10.1 Å². The molecule has 1 N–H and O–H groups in total. The number of aliphatic hydroxyl groups excluding tert-OH is 1. The molecular formula is C16H17NO3Si. The van der Waals surface area contributed by atoms with Gasteiger partial charge >= 0.3 is 0 Å². The summed E-state index contributed by atoms with van der Waals surface area (Å²) in [4.78, 5) is 10.9. The van der Waals surface area contributed by atoms with E-state index in [4.69, 9.17) is 0 Å². The topological polar surface area (TPSA) is 63.4 Å². The van der Waals surface area contributed by atoms with Crippen LogP contribution in [0.5, 0.6) is 0 Å². The Morgan fingerprint density at radius 3 is 1.81 bits per heavy atom. The van der Waals surface area contributed by atoms with E-state index in [1.807, 2.05) is 60.7 Å². The fourth-order valence-corrected chi connectivity index (χ4v) is 8.66. The maximum absolute atomic E-state index is 11.2. The molecule has 5 heteroatoms. The van der Waals surface area contributed by atoms with E-state index in [0.717, 1.165) is 0 Å². The minimum absolute atomic E-state index is 0.314. The maximum atomic E-state index is 11.2. The third-order valence-electron chi connectivity index (χ3n) is 4.48. The minimum atomic E-state index is -2.27. The maximum Gasteiger partial charge on any atom is 0.236 e. The van der Waals surface area contributed by atoms with Crippen molar-refractivity contribution >= 4 is 18.4 Å². The third-order valence-corrected chi connectivity index (χ3v) is 9.59. The molecule has 1 fully saturated rings. The zero-order valence-corrected chi connectivity index (χ0v) is 12.6. The Bertz CT molecular complexity index is 593. The summed E-state index contributed by atoms with van der Waals surface area (Å²) in [7, 11) is -2.27. The molecule has 2 aromatic rings. The van der Waals surface area contributed by atoms with Gasteiger partial charge in [-0.1, -0.05) is 71.0 Å². The van der Waals surface area contributed by atoms with Gasteiger partial charge in [0.25, 0.3) is 0 Å². The van der Waals surface area contributed by atoms with Crippen LogP contribution >= 0.6 is 0 Å². The Labute approximate surface area is 124 Å². The first-order chi connectivity index (χ1) is 10.1. The summed E-state index contributed by atoms with van der Waals surface area (Å²) in [5.41, 5.74) is 0. The lowest BCUT2D eigenvalue weighted by molar-refractivity contribution is -0.526. The molecule has 1 heterocycles. The van der Waals surface area contributed by atoms with E-state index >= 15 is 0 Å². The summed E-state index contributed by atoms with van der Waals surface area (Å²) in [5.74, 6) is 0. The number of nitrogens with zero attached hydrogens (tertiary/aromatic N) is 1. The molecule has 0 bridgehead atoms. The van der Waals surface area contributed by atoms with Crippen molar-refractivity contribution in [2.24, 2.45) is 0 Å². The molecule has 0 spiro atoms. The molecule has 108 valence electrons. The van der Waals surface area contributed by atoms with E-state index in [9.17, 15) is 15.2 Å². The summed E-state index contributed by atoms with van der Waals surface area (Å²) in [5, 5.41) is 23.8. The highest BCUT2D eigenvalue weighted by Gasteiger charge is 2.54. The van der Waals surface area contributed by atoms with Gasteiger partial charge in [0.2, 0.25) is 6.04 Å². The van der Waals surface area contributed by atoms with E-state index in [-0.39, 0.29) is 4.92 Å². The van der Waals surface area contributed by atoms with E-state index < -0.39 is 20.2 Å². The Kier molecular flexibility index (Phi) is 3.61. The molecule has 1 aliphatic heterocycles. The lowest BCUT2D eigenvalue weighted by Crippen LogP contribution is -2.56. The summed E-state index contributed by atoms with van der Waals surface area (Å²) < 4.78 is 0. The van der Waals surface area contributed by atoms with E-state index in [1.165, 1.54) is 10.4 Å². The molecule has 0 amide bonds. The number of benzene rings is 2. The number of hydrogen-bond acceptors (Lipinski definition) is 3. The highest BCUT2D eigenvalue weighted by molar-refractivity contribution is 7.03. The van der Waals surface area contributed by atoms with Crippen molar-refractivity contribution in [3.05, 3.63) is 70.8 Å². The van der Waals surface area contributed by atoms with Crippen LogP contribution in [0.25, 0.3) is 0 Å². The van der Waals surface area contributed by atoms with Crippen LogP contribution in [-0.4, -0.2) is 30.2 Å². The number of nitro groups is 1. The predicted octanol–water partition coefficient (Wildman–Crippen LogP) is 1.27. The zero-order valence-electron chi connectivity index (χ0n) is 11.6. The van der Waals surface area contributed by atoms with E-state index in [2.05, 4.69) is 0 Å². The Balaban J connectivity index is 2.12. The van der Waals surface area contributed by atoms with Gasteiger partial charge in [0.05, 0.1) is 0 Å². The Hall–Kier alpha value is -1.98. The molecule has 2 atom stereocenters. The molecule has 21 heavy (non-hydrogen) atoms. The highest BCUT2D eigenvalue weighted by Crippen LogP contribution is 2.32. The van der Waals surface area contributed by atoms with Crippen LogP contribution < -0.4 is 10.4 Å². The van der Waals surface area contributed by atoms with Crippen LogP contribution in [0.15, 0.2) is 60.7 Å². The third kappa shape index (κ3) is 2.39. The molecule has 0 aromatic heterocycles. The first kappa shape index (κ1) is 14.0. The van der Waals surface area contributed by atoms with Gasteiger partial charge in [0.15, 0.2) is 0 Å². The van der Waals surface area contributed by atoms with E-state index in [1.54, 1.807) is 0 Å². The second-order valence-corrected chi connectivity index (χ2v) is 9.78. The molecular weight excluding hydrogens is 282 g/mol. The van der Waals surface area contributed by atoms with Gasteiger partial charge in [-0.05, 0) is 6.04 Å². The normalized spacial score (nSPS) is 23.9. The second-order valence-electron chi connectivity index (χ2n) is 5.64. The van der Waals surface area contributed by atoms with Crippen LogP contribution in [0.3, 0.4) is 0 Å². The quantitative estimate of drug-likeness (QED) is 0.527. The summed E-state index contributed by atoms with van der Waals surface area (Å²) in [6.07, 6.45) is -0.855. The number of aliphatic hydroxyl groups is 1. The summed E-state index contributed by atoms with van der Waals surface area (Å²) in [6, 6.07) is 20.1. The van der Waals surface area contributed by atoms with Gasteiger partial charge < -0.3 is 5.11 Å². The summed E-state index contributed by atoms with van der Waals surface area (Å²) in [6.45, 7) is 0. The van der Waals surface area contributed by atoms with Crippen molar-refractivity contribution < 1.29 is 10.0 Å². The van der Waals surface area contributed by atoms with Gasteiger partial charge in [-0.2, -0.15) is 0 Å². The van der Waals surface area contributed by atoms with Crippen LogP contribution in [0.4, 0.5) is 0 Å². The van der Waals surface area contributed by atoms with Crippen molar-refractivity contribution in [1.29, 1.82) is 0 Å². The smallest absolute Gasteiger partial charge is 0.236 e. The van der Waals surface area contributed by atoms with Crippen molar-refractivity contribution in [3.63, 3.8) is 0 Å². The minimum Gasteiger partial charge on any atom is -0.386 e. The lowest BCUT2D eigenvalue weighted by atomic mass is 10.2. The fraction of sp³-hybridized carbons (Fsp3) is 0.250. The molecule has 0 saturated carbocycles. The van der Waals surface area contributed by atoms with Crippen molar-refractivity contribution in [2.45, 2.75) is 24.2 Å². The van der Waals surface area contributed by atoms with Crippen LogP contribution in [-0.2, 0) is 0 Å². The molecule has 0 radical (unpaired) electrons. The van der Waals surface area contributed by atoms with E-state index in [0.29, 0.717) is 12.1 Å². The second kappa shape index (κ2) is 5.42.